The molecule has 0 bridgehead atoms. The van der Waals surface area contributed by atoms with Gasteiger partial charge in [-0.3, -0.25) is 4.79 Å². The first-order valence-electron chi connectivity index (χ1n) is 5.88. The fourth-order valence-corrected chi connectivity index (χ4v) is 3.16. The molecule has 0 aromatic heterocycles. The maximum Gasteiger partial charge on any atom is 0.255 e. The van der Waals surface area contributed by atoms with Crippen molar-refractivity contribution in [1.29, 1.82) is 0 Å². The second-order valence-corrected chi connectivity index (χ2v) is 6.49. The Bertz CT molecular complexity index is 451. The van der Waals surface area contributed by atoms with E-state index in [9.17, 15) is 4.79 Å². The molecule has 1 fully saturated rings. The summed E-state index contributed by atoms with van der Waals surface area (Å²) >= 11 is 7.01. The number of carbonyl (C=O) groups is 1. The Hall–Kier alpha value is -0.550. The number of likely N-dealkylation sites (tertiary alicyclic amines) is 1. The normalized spacial score (nSPS) is 19.7. The molecule has 1 aromatic carbocycles. The Morgan fingerprint density at radius 3 is 2.94 bits per heavy atom. The van der Waals surface area contributed by atoms with Gasteiger partial charge in [0, 0.05) is 22.4 Å². The number of nitrogens with zero attached hydrogens (tertiary/aromatic N) is 1. The van der Waals surface area contributed by atoms with Crippen molar-refractivity contribution in [2.75, 3.05) is 20.2 Å². The maximum atomic E-state index is 12.5. The zero-order valence-corrected chi connectivity index (χ0v) is 13.3. The fourth-order valence-electron chi connectivity index (χ4n) is 2.08. The zero-order chi connectivity index (χ0) is 13.1. The van der Waals surface area contributed by atoms with E-state index in [1.54, 1.807) is 13.2 Å². The molecule has 5 heteroatoms. The molecule has 1 aliphatic rings. The Labute approximate surface area is 124 Å². The molecule has 0 saturated carbocycles. The third-order valence-corrected chi connectivity index (χ3v) is 4.49. The lowest BCUT2D eigenvalue weighted by atomic mass is 10.1. The van der Waals surface area contributed by atoms with E-state index in [0.717, 1.165) is 30.4 Å². The van der Waals surface area contributed by atoms with Crippen molar-refractivity contribution in [2.24, 2.45) is 0 Å². The monoisotopic (exact) mass is 375 g/mol. The second kappa shape index (κ2) is 6.06. The van der Waals surface area contributed by atoms with Crippen molar-refractivity contribution in [3.8, 4) is 5.75 Å². The van der Waals surface area contributed by atoms with Crippen LogP contribution in [0.2, 0.25) is 0 Å². The standard InChI is InChI=1S/C13H15Br2NO2/c1-18-10-4-5-12(15)11(7-10)13(17)16-6-2-3-9(14)8-16/h4-5,7,9H,2-3,6,8H2,1H3. The van der Waals surface area contributed by atoms with E-state index in [-0.39, 0.29) is 5.91 Å². The number of ether oxygens (including phenoxy) is 1. The van der Waals surface area contributed by atoms with Gasteiger partial charge in [0.2, 0.25) is 0 Å². The topological polar surface area (TPSA) is 29.5 Å². The summed E-state index contributed by atoms with van der Waals surface area (Å²) in [4.78, 5) is 14.7. The summed E-state index contributed by atoms with van der Waals surface area (Å²) in [7, 11) is 1.60. The van der Waals surface area contributed by atoms with Crippen molar-refractivity contribution in [2.45, 2.75) is 17.7 Å². The molecule has 1 aromatic rings. The summed E-state index contributed by atoms with van der Waals surface area (Å²) in [5.41, 5.74) is 0.663. The largest absolute Gasteiger partial charge is 0.497 e. The predicted molar refractivity (Wildman–Crippen MR) is 78.5 cm³/mol. The Morgan fingerprint density at radius 1 is 1.50 bits per heavy atom. The predicted octanol–water partition coefficient (Wildman–Crippen LogP) is 3.46. The van der Waals surface area contributed by atoms with Crippen LogP contribution in [0.15, 0.2) is 22.7 Å². The lowest BCUT2D eigenvalue weighted by Gasteiger charge is -2.30. The highest BCUT2D eigenvalue weighted by molar-refractivity contribution is 9.10. The third kappa shape index (κ3) is 3.06. The summed E-state index contributed by atoms with van der Waals surface area (Å²) in [5, 5.41) is 0. The molecular weight excluding hydrogens is 362 g/mol. The van der Waals surface area contributed by atoms with Gasteiger partial charge < -0.3 is 9.64 Å². The first-order valence-corrected chi connectivity index (χ1v) is 7.59. The Kier molecular flexibility index (Phi) is 4.67. The van der Waals surface area contributed by atoms with Crippen LogP contribution in [0.4, 0.5) is 0 Å². The first-order chi connectivity index (χ1) is 8.61. The van der Waals surface area contributed by atoms with Crippen molar-refractivity contribution in [3.05, 3.63) is 28.2 Å². The van der Waals surface area contributed by atoms with E-state index >= 15 is 0 Å². The minimum absolute atomic E-state index is 0.0601. The van der Waals surface area contributed by atoms with E-state index in [2.05, 4.69) is 31.9 Å². The quantitative estimate of drug-likeness (QED) is 0.739. The van der Waals surface area contributed by atoms with Gasteiger partial charge in [0.25, 0.3) is 5.91 Å². The summed E-state index contributed by atoms with van der Waals surface area (Å²) in [6.07, 6.45) is 2.17. The number of hydrogen-bond donors (Lipinski definition) is 0. The fraction of sp³-hybridized carbons (Fsp3) is 0.462. The summed E-state index contributed by atoms with van der Waals surface area (Å²) in [5.74, 6) is 0.763. The number of benzene rings is 1. The number of rotatable bonds is 2. The van der Waals surface area contributed by atoms with E-state index in [4.69, 9.17) is 4.74 Å². The Morgan fingerprint density at radius 2 is 2.28 bits per heavy atom. The van der Waals surface area contributed by atoms with Crippen molar-refractivity contribution in [1.82, 2.24) is 4.90 Å². The van der Waals surface area contributed by atoms with E-state index < -0.39 is 0 Å². The van der Waals surface area contributed by atoms with Gasteiger partial charge in [0.15, 0.2) is 0 Å². The van der Waals surface area contributed by atoms with Crippen LogP contribution in [-0.4, -0.2) is 35.8 Å². The van der Waals surface area contributed by atoms with Crippen LogP contribution in [0.5, 0.6) is 5.75 Å². The van der Waals surface area contributed by atoms with Gasteiger partial charge in [-0.25, -0.2) is 0 Å². The Balaban J connectivity index is 2.22. The van der Waals surface area contributed by atoms with E-state index in [1.165, 1.54) is 0 Å². The van der Waals surface area contributed by atoms with Crippen molar-refractivity contribution >= 4 is 37.8 Å². The van der Waals surface area contributed by atoms with E-state index in [1.807, 2.05) is 17.0 Å². The van der Waals surface area contributed by atoms with Crippen molar-refractivity contribution < 1.29 is 9.53 Å². The molecule has 1 amide bonds. The number of halogens is 2. The van der Waals surface area contributed by atoms with E-state index in [0.29, 0.717) is 16.1 Å². The molecule has 1 unspecified atom stereocenters. The molecule has 0 aliphatic carbocycles. The van der Waals surface area contributed by atoms with Crippen LogP contribution in [0.3, 0.4) is 0 Å². The number of methoxy groups -OCH3 is 1. The number of piperidine rings is 1. The van der Waals surface area contributed by atoms with Gasteiger partial charge in [-0.2, -0.15) is 0 Å². The molecule has 3 nitrogen and oxygen atoms in total. The zero-order valence-electron chi connectivity index (χ0n) is 10.2. The van der Waals surface area contributed by atoms with Gasteiger partial charge in [-0.15, -0.1) is 0 Å². The van der Waals surface area contributed by atoms with Crippen molar-refractivity contribution in [3.63, 3.8) is 0 Å². The smallest absolute Gasteiger partial charge is 0.255 e. The van der Waals surface area contributed by atoms with Gasteiger partial charge >= 0.3 is 0 Å². The molecule has 0 spiro atoms. The average molecular weight is 377 g/mol. The molecule has 1 saturated heterocycles. The van der Waals surface area contributed by atoms with Gasteiger partial charge in [-0.05, 0) is 47.0 Å². The molecule has 98 valence electrons. The summed E-state index contributed by atoms with van der Waals surface area (Å²) < 4.78 is 5.98. The lowest BCUT2D eigenvalue weighted by Crippen LogP contribution is -2.40. The minimum atomic E-state index is 0.0601. The molecule has 1 aliphatic heterocycles. The summed E-state index contributed by atoms with van der Waals surface area (Å²) in [6.45, 7) is 1.59. The van der Waals surface area contributed by atoms with Gasteiger partial charge in [0.05, 0.1) is 12.7 Å². The highest BCUT2D eigenvalue weighted by Crippen LogP contribution is 2.26. The summed E-state index contributed by atoms with van der Waals surface area (Å²) in [6, 6.07) is 5.47. The molecule has 1 heterocycles. The SMILES string of the molecule is COc1ccc(Br)c(C(=O)N2CCCC(Br)C2)c1. The highest BCUT2D eigenvalue weighted by Gasteiger charge is 2.24. The van der Waals surface area contributed by atoms with Crippen LogP contribution in [-0.2, 0) is 0 Å². The second-order valence-electron chi connectivity index (χ2n) is 4.34. The highest BCUT2D eigenvalue weighted by atomic mass is 79.9. The number of alkyl halides is 1. The molecule has 0 N–H and O–H groups in total. The lowest BCUT2D eigenvalue weighted by molar-refractivity contribution is 0.0728. The first kappa shape index (κ1) is 13.9. The maximum absolute atomic E-state index is 12.5. The van der Waals surface area contributed by atoms with Crippen LogP contribution in [0.25, 0.3) is 0 Å². The molecule has 18 heavy (non-hydrogen) atoms. The minimum Gasteiger partial charge on any atom is -0.497 e. The van der Waals surface area contributed by atoms with Crippen LogP contribution < -0.4 is 4.74 Å². The molecule has 2 rings (SSSR count). The number of carbonyl (C=O) groups excluding carboxylic acids is 1. The van der Waals surface area contributed by atoms with Gasteiger partial charge in [-0.1, -0.05) is 15.9 Å². The van der Waals surface area contributed by atoms with Gasteiger partial charge in [0.1, 0.15) is 5.75 Å². The number of hydrogen-bond acceptors (Lipinski definition) is 2. The van der Waals surface area contributed by atoms with Crippen LogP contribution in [0.1, 0.15) is 23.2 Å². The third-order valence-electron chi connectivity index (χ3n) is 3.06. The molecule has 0 radical (unpaired) electrons. The van der Waals surface area contributed by atoms with Crippen LogP contribution in [0, 0.1) is 0 Å². The number of amides is 1. The molecule has 1 atom stereocenters. The average Bonchev–Trinajstić information content (AvgIpc) is 2.38. The van der Waals surface area contributed by atoms with Crippen LogP contribution >= 0.6 is 31.9 Å². The molecular formula is C13H15Br2NO2.